The van der Waals surface area contributed by atoms with Gasteiger partial charge in [0, 0.05) is 24.5 Å². The second-order valence-electron chi connectivity index (χ2n) is 3.07. The summed E-state index contributed by atoms with van der Waals surface area (Å²) in [6, 6.07) is 0. The third-order valence-corrected chi connectivity index (χ3v) is 2.63. The third kappa shape index (κ3) is 3.74. The molecule has 1 heterocycles. The fourth-order valence-corrected chi connectivity index (χ4v) is 1.43. The Bertz CT molecular complexity index is 246. The fourth-order valence-electron chi connectivity index (χ4n) is 0.803. The van der Waals surface area contributed by atoms with Gasteiger partial charge in [-0.25, -0.2) is 9.97 Å². The monoisotopic (exact) mass is 197 g/mol. The molecule has 0 saturated heterocycles. The van der Waals surface area contributed by atoms with Crippen molar-refractivity contribution in [2.75, 3.05) is 0 Å². The van der Waals surface area contributed by atoms with Gasteiger partial charge < -0.3 is 5.73 Å². The van der Waals surface area contributed by atoms with Crippen LogP contribution >= 0.6 is 11.8 Å². The molecule has 0 spiro atoms. The summed E-state index contributed by atoms with van der Waals surface area (Å²) in [5.41, 5.74) is 6.42. The molecule has 0 amide bonds. The highest BCUT2D eigenvalue weighted by molar-refractivity contribution is 7.99. The van der Waals surface area contributed by atoms with Gasteiger partial charge >= 0.3 is 0 Å². The molecule has 0 atom stereocenters. The molecule has 0 unspecified atom stereocenters. The van der Waals surface area contributed by atoms with Gasteiger partial charge in [-0.15, -0.1) is 0 Å². The molecule has 0 aromatic carbocycles. The molecule has 4 heteroatoms. The van der Waals surface area contributed by atoms with Crippen molar-refractivity contribution in [3.8, 4) is 0 Å². The molecule has 1 aromatic rings. The van der Waals surface area contributed by atoms with Crippen molar-refractivity contribution in [1.82, 2.24) is 9.97 Å². The topological polar surface area (TPSA) is 51.8 Å². The van der Waals surface area contributed by atoms with Crippen LogP contribution in [0.2, 0.25) is 0 Å². The normalized spacial score (nSPS) is 10.8. The summed E-state index contributed by atoms with van der Waals surface area (Å²) in [5.74, 6) is 1.76. The Labute approximate surface area is 83.2 Å². The van der Waals surface area contributed by atoms with Crippen LogP contribution in [0, 0.1) is 0 Å². The van der Waals surface area contributed by atoms with Gasteiger partial charge in [0.1, 0.15) is 5.82 Å². The highest BCUT2D eigenvalue weighted by atomic mass is 32.2. The minimum atomic E-state index is 0.512. The van der Waals surface area contributed by atoms with E-state index in [-0.39, 0.29) is 0 Å². The number of nitrogens with zero attached hydrogens (tertiary/aromatic N) is 2. The lowest BCUT2D eigenvalue weighted by atomic mass is 10.3. The lowest BCUT2D eigenvalue weighted by Gasteiger charge is -2.03. The van der Waals surface area contributed by atoms with Gasteiger partial charge in [0.2, 0.25) is 0 Å². The van der Waals surface area contributed by atoms with Gasteiger partial charge in [0.25, 0.3) is 0 Å². The fraction of sp³-hybridized carbons (Fsp3) is 0.556. The average molecular weight is 197 g/mol. The van der Waals surface area contributed by atoms with Crippen molar-refractivity contribution >= 4 is 11.8 Å². The van der Waals surface area contributed by atoms with Gasteiger partial charge in [-0.05, 0) is 5.25 Å². The highest BCUT2D eigenvalue weighted by Gasteiger charge is 1.99. The largest absolute Gasteiger partial charge is 0.326 e. The summed E-state index contributed by atoms with van der Waals surface area (Å²) in [7, 11) is 0. The molecule has 3 nitrogen and oxygen atoms in total. The van der Waals surface area contributed by atoms with Crippen LogP contribution in [0.3, 0.4) is 0 Å². The second kappa shape index (κ2) is 5.19. The zero-order chi connectivity index (χ0) is 9.68. The second-order valence-corrected chi connectivity index (χ2v) is 4.64. The molecular weight excluding hydrogens is 182 g/mol. The van der Waals surface area contributed by atoms with Crippen molar-refractivity contribution in [3.63, 3.8) is 0 Å². The first-order valence-corrected chi connectivity index (χ1v) is 5.38. The third-order valence-electron chi connectivity index (χ3n) is 1.54. The number of hydrogen-bond donors (Lipinski definition) is 1. The van der Waals surface area contributed by atoms with Crippen LogP contribution in [-0.2, 0) is 12.3 Å². The maximum atomic E-state index is 5.44. The van der Waals surface area contributed by atoms with E-state index in [4.69, 9.17) is 5.73 Å². The van der Waals surface area contributed by atoms with Gasteiger partial charge in [-0.2, -0.15) is 11.8 Å². The summed E-state index contributed by atoms with van der Waals surface area (Å²) >= 11 is 1.84. The molecule has 0 aliphatic rings. The number of nitrogens with two attached hydrogens (primary N) is 1. The zero-order valence-electron chi connectivity index (χ0n) is 8.03. The molecule has 1 aromatic heterocycles. The molecule has 0 saturated carbocycles. The Kier molecular flexibility index (Phi) is 4.18. The van der Waals surface area contributed by atoms with E-state index in [2.05, 4.69) is 23.8 Å². The van der Waals surface area contributed by atoms with Gasteiger partial charge in [-0.3, -0.25) is 0 Å². The smallest absolute Gasteiger partial charge is 0.138 e. The van der Waals surface area contributed by atoms with Crippen molar-refractivity contribution in [1.29, 1.82) is 0 Å². The van der Waals surface area contributed by atoms with E-state index < -0.39 is 0 Å². The molecule has 0 bridgehead atoms. The summed E-state index contributed by atoms with van der Waals surface area (Å²) < 4.78 is 0. The minimum Gasteiger partial charge on any atom is -0.326 e. The van der Waals surface area contributed by atoms with Crippen LogP contribution in [0.4, 0.5) is 0 Å². The van der Waals surface area contributed by atoms with Crippen LogP contribution in [0.25, 0.3) is 0 Å². The lowest BCUT2D eigenvalue weighted by Crippen LogP contribution is -2.01. The summed E-state index contributed by atoms with van der Waals surface area (Å²) in [6.07, 6.45) is 3.59. The molecule has 2 N–H and O–H groups in total. The molecule has 72 valence electrons. The maximum Gasteiger partial charge on any atom is 0.138 e. The maximum absolute atomic E-state index is 5.44. The van der Waals surface area contributed by atoms with Crippen LogP contribution in [-0.4, -0.2) is 15.2 Å². The first-order valence-electron chi connectivity index (χ1n) is 4.34. The summed E-state index contributed by atoms with van der Waals surface area (Å²) in [5, 5.41) is 0.623. The number of aromatic nitrogens is 2. The predicted octanol–water partition coefficient (Wildman–Crippen LogP) is 1.58. The van der Waals surface area contributed by atoms with Crippen molar-refractivity contribution in [2.45, 2.75) is 31.4 Å². The van der Waals surface area contributed by atoms with Gasteiger partial charge in [0.05, 0.1) is 5.75 Å². The summed E-state index contributed by atoms with van der Waals surface area (Å²) in [4.78, 5) is 8.42. The Balaban J connectivity index is 2.49. The Morgan fingerprint density at radius 1 is 1.38 bits per heavy atom. The first kappa shape index (κ1) is 10.5. The van der Waals surface area contributed by atoms with Crippen molar-refractivity contribution < 1.29 is 0 Å². The first-order chi connectivity index (χ1) is 6.22. The average Bonchev–Trinajstić information content (AvgIpc) is 2.15. The SMILES string of the molecule is CC(C)SCc1ncc(CN)cn1. The standard InChI is InChI=1S/C9H15N3S/c1-7(2)13-6-9-11-4-8(3-10)5-12-9/h4-5,7H,3,6,10H2,1-2H3. The molecule has 1 rings (SSSR count). The van der Waals surface area contributed by atoms with E-state index in [0.29, 0.717) is 11.8 Å². The Hall–Kier alpha value is -0.610. The molecule has 0 aliphatic heterocycles. The number of hydrogen-bond acceptors (Lipinski definition) is 4. The minimum absolute atomic E-state index is 0.512. The molecule has 0 radical (unpaired) electrons. The van der Waals surface area contributed by atoms with E-state index in [0.717, 1.165) is 17.1 Å². The lowest BCUT2D eigenvalue weighted by molar-refractivity contribution is 0.957. The molecule has 13 heavy (non-hydrogen) atoms. The Morgan fingerprint density at radius 2 is 2.00 bits per heavy atom. The van der Waals surface area contributed by atoms with Crippen molar-refractivity contribution in [2.24, 2.45) is 5.73 Å². The van der Waals surface area contributed by atoms with Crippen molar-refractivity contribution in [3.05, 3.63) is 23.8 Å². The number of rotatable bonds is 4. The number of thioether (sulfide) groups is 1. The van der Waals surface area contributed by atoms with Gasteiger partial charge in [0.15, 0.2) is 0 Å². The van der Waals surface area contributed by atoms with Crippen LogP contribution in [0.5, 0.6) is 0 Å². The van der Waals surface area contributed by atoms with E-state index in [1.54, 1.807) is 12.4 Å². The van der Waals surface area contributed by atoms with E-state index in [1.807, 2.05) is 11.8 Å². The van der Waals surface area contributed by atoms with Crippen LogP contribution in [0.1, 0.15) is 25.2 Å². The van der Waals surface area contributed by atoms with Crippen LogP contribution in [0.15, 0.2) is 12.4 Å². The zero-order valence-corrected chi connectivity index (χ0v) is 8.84. The highest BCUT2D eigenvalue weighted by Crippen LogP contribution is 2.13. The van der Waals surface area contributed by atoms with E-state index in [1.165, 1.54) is 0 Å². The summed E-state index contributed by atoms with van der Waals surface area (Å²) in [6.45, 7) is 4.84. The quantitative estimate of drug-likeness (QED) is 0.796. The molecular formula is C9H15N3S. The molecule has 0 fully saturated rings. The van der Waals surface area contributed by atoms with Gasteiger partial charge in [-0.1, -0.05) is 13.8 Å². The van der Waals surface area contributed by atoms with E-state index >= 15 is 0 Å². The molecule has 0 aliphatic carbocycles. The predicted molar refractivity (Wildman–Crippen MR) is 56.4 cm³/mol. The Morgan fingerprint density at radius 3 is 2.46 bits per heavy atom. The van der Waals surface area contributed by atoms with E-state index in [9.17, 15) is 0 Å². The van der Waals surface area contributed by atoms with Crippen LogP contribution < -0.4 is 5.73 Å².